The summed E-state index contributed by atoms with van der Waals surface area (Å²) >= 11 is 0. The minimum Gasteiger partial charge on any atom is -0.326 e. The van der Waals surface area contributed by atoms with Gasteiger partial charge >= 0.3 is 6.03 Å². The van der Waals surface area contributed by atoms with Crippen LogP contribution in [-0.2, 0) is 4.79 Å². The number of benzene rings is 2. The highest BCUT2D eigenvalue weighted by Crippen LogP contribution is 2.22. The lowest BCUT2D eigenvalue weighted by Gasteiger charge is -2.17. The van der Waals surface area contributed by atoms with Gasteiger partial charge in [0.05, 0.1) is 5.69 Å². The maximum atomic E-state index is 13.5. The lowest BCUT2D eigenvalue weighted by Crippen LogP contribution is -2.43. The van der Waals surface area contributed by atoms with Crippen molar-refractivity contribution in [3.05, 3.63) is 60.2 Å². The van der Waals surface area contributed by atoms with Crippen LogP contribution in [0.4, 0.5) is 25.0 Å². The van der Waals surface area contributed by atoms with Crippen molar-refractivity contribution < 1.29 is 18.4 Å². The second-order valence-electron chi connectivity index (χ2n) is 5.39. The minimum atomic E-state index is -0.707. The Morgan fingerprint density at radius 1 is 1.08 bits per heavy atom. The summed E-state index contributed by atoms with van der Waals surface area (Å²) in [5, 5.41) is 4.91. The molecule has 2 aromatic carbocycles. The van der Waals surface area contributed by atoms with Gasteiger partial charge in [-0.15, -0.1) is 0 Å². The van der Waals surface area contributed by atoms with Gasteiger partial charge in [-0.05, 0) is 42.8 Å². The molecule has 124 valence electrons. The fourth-order valence-electron chi connectivity index (χ4n) is 2.57. The van der Waals surface area contributed by atoms with E-state index in [0.29, 0.717) is 18.7 Å². The number of amides is 3. The zero-order valence-corrected chi connectivity index (χ0v) is 12.6. The van der Waals surface area contributed by atoms with Crippen LogP contribution < -0.4 is 15.5 Å². The van der Waals surface area contributed by atoms with Crippen molar-refractivity contribution >= 4 is 23.3 Å². The van der Waals surface area contributed by atoms with Crippen LogP contribution in [0.25, 0.3) is 0 Å². The Labute approximate surface area is 137 Å². The van der Waals surface area contributed by atoms with Gasteiger partial charge in [0.2, 0.25) is 5.91 Å². The first kappa shape index (κ1) is 15.9. The molecule has 1 aliphatic rings. The third-order valence-corrected chi connectivity index (χ3v) is 3.77. The molecule has 0 aromatic heterocycles. The molecule has 2 aromatic rings. The van der Waals surface area contributed by atoms with E-state index in [-0.39, 0.29) is 17.4 Å². The second kappa shape index (κ2) is 6.66. The summed E-state index contributed by atoms with van der Waals surface area (Å²) in [6.45, 7) is 0.412. The molecule has 1 fully saturated rings. The van der Waals surface area contributed by atoms with E-state index in [1.807, 2.05) is 0 Å². The van der Waals surface area contributed by atoms with Crippen molar-refractivity contribution in [1.82, 2.24) is 5.32 Å². The molecule has 0 saturated carbocycles. The van der Waals surface area contributed by atoms with Gasteiger partial charge in [0.15, 0.2) is 0 Å². The maximum Gasteiger partial charge on any atom is 0.319 e. The fraction of sp³-hybridized carbons (Fsp3) is 0.176. The normalized spacial score (nSPS) is 17.0. The molecule has 7 heteroatoms. The number of carbonyl (C=O) groups excluding carboxylic acids is 2. The molecule has 1 heterocycles. The molecule has 1 saturated heterocycles. The van der Waals surface area contributed by atoms with E-state index in [9.17, 15) is 18.4 Å². The van der Waals surface area contributed by atoms with Crippen molar-refractivity contribution in [2.45, 2.75) is 12.5 Å². The van der Waals surface area contributed by atoms with Crippen LogP contribution in [0.1, 0.15) is 6.42 Å². The van der Waals surface area contributed by atoms with Crippen LogP contribution in [0.3, 0.4) is 0 Å². The molecule has 0 bridgehead atoms. The highest BCUT2D eigenvalue weighted by Gasteiger charge is 2.33. The lowest BCUT2D eigenvalue weighted by molar-refractivity contribution is -0.118. The van der Waals surface area contributed by atoms with Gasteiger partial charge in [-0.1, -0.05) is 12.1 Å². The van der Waals surface area contributed by atoms with Gasteiger partial charge in [0, 0.05) is 12.2 Å². The van der Waals surface area contributed by atoms with Crippen molar-refractivity contribution in [3.63, 3.8) is 0 Å². The van der Waals surface area contributed by atoms with E-state index >= 15 is 0 Å². The number of nitrogens with zero attached hydrogens (tertiary/aromatic N) is 1. The van der Waals surface area contributed by atoms with Crippen molar-refractivity contribution in [1.29, 1.82) is 0 Å². The number of carbonyl (C=O) groups is 2. The van der Waals surface area contributed by atoms with E-state index < -0.39 is 17.9 Å². The Balaban J connectivity index is 1.62. The van der Waals surface area contributed by atoms with Crippen LogP contribution in [0.2, 0.25) is 0 Å². The highest BCUT2D eigenvalue weighted by atomic mass is 19.1. The number of hydrogen-bond donors (Lipinski definition) is 2. The predicted octanol–water partition coefficient (Wildman–Crippen LogP) is 2.89. The quantitative estimate of drug-likeness (QED) is 0.908. The molecule has 2 N–H and O–H groups in total. The zero-order valence-electron chi connectivity index (χ0n) is 12.6. The molecule has 3 rings (SSSR count). The Morgan fingerprint density at radius 2 is 1.79 bits per heavy atom. The van der Waals surface area contributed by atoms with Gasteiger partial charge in [-0.2, -0.15) is 0 Å². The van der Waals surface area contributed by atoms with Gasteiger partial charge in [-0.25, -0.2) is 13.6 Å². The zero-order chi connectivity index (χ0) is 17.1. The summed E-state index contributed by atoms with van der Waals surface area (Å²) in [4.78, 5) is 25.8. The van der Waals surface area contributed by atoms with Gasteiger partial charge in [-0.3, -0.25) is 4.79 Å². The van der Waals surface area contributed by atoms with Crippen molar-refractivity contribution in [2.24, 2.45) is 0 Å². The number of nitrogens with one attached hydrogen (secondary N) is 2. The molecular weight excluding hydrogens is 316 g/mol. The second-order valence-corrected chi connectivity index (χ2v) is 5.39. The van der Waals surface area contributed by atoms with E-state index in [2.05, 4.69) is 10.6 Å². The van der Waals surface area contributed by atoms with Crippen LogP contribution in [0, 0.1) is 11.6 Å². The van der Waals surface area contributed by atoms with Crippen LogP contribution >= 0.6 is 0 Å². The molecule has 0 aliphatic carbocycles. The molecular formula is C17H15F2N3O2. The summed E-state index contributed by atoms with van der Waals surface area (Å²) in [7, 11) is 0. The average Bonchev–Trinajstić information content (AvgIpc) is 2.91. The van der Waals surface area contributed by atoms with Crippen molar-refractivity contribution in [2.75, 3.05) is 16.8 Å². The number of para-hydroxylation sites is 1. The Kier molecular flexibility index (Phi) is 4.41. The number of anilines is 2. The first-order chi connectivity index (χ1) is 11.5. The molecule has 5 nitrogen and oxygen atoms in total. The first-order valence-corrected chi connectivity index (χ1v) is 7.43. The molecule has 0 radical (unpaired) electrons. The third kappa shape index (κ3) is 3.34. The van der Waals surface area contributed by atoms with E-state index in [0.717, 1.165) is 0 Å². The Bertz CT molecular complexity index is 765. The molecule has 3 amide bonds. The largest absolute Gasteiger partial charge is 0.326 e. The summed E-state index contributed by atoms with van der Waals surface area (Å²) in [5.41, 5.74) is 0.607. The maximum absolute atomic E-state index is 13.5. The van der Waals surface area contributed by atoms with Crippen LogP contribution in [0.15, 0.2) is 48.5 Å². The number of rotatable bonds is 3. The summed E-state index contributed by atoms with van der Waals surface area (Å²) in [6.07, 6.45) is 0.418. The molecule has 1 aliphatic heterocycles. The molecule has 1 unspecified atom stereocenters. The number of urea groups is 1. The van der Waals surface area contributed by atoms with E-state index in [1.54, 1.807) is 6.07 Å². The average molecular weight is 331 g/mol. The Morgan fingerprint density at radius 3 is 2.50 bits per heavy atom. The fourth-order valence-corrected chi connectivity index (χ4v) is 2.57. The minimum absolute atomic E-state index is 0.0378. The highest BCUT2D eigenvalue weighted by molar-refractivity contribution is 6.02. The molecule has 24 heavy (non-hydrogen) atoms. The van der Waals surface area contributed by atoms with Gasteiger partial charge < -0.3 is 15.5 Å². The van der Waals surface area contributed by atoms with E-state index in [4.69, 9.17) is 0 Å². The van der Waals surface area contributed by atoms with E-state index in [1.165, 1.54) is 47.4 Å². The molecule has 0 spiro atoms. The van der Waals surface area contributed by atoms with Gasteiger partial charge in [0.1, 0.15) is 17.7 Å². The van der Waals surface area contributed by atoms with Crippen LogP contribution in [0.5, 0.6) is 0 Å². The summed E-state index contributed by atoms with van der Waals surface area (Å²) < 4.78 is 26.5. The Hall–Kier alpha value is -2.96. The summed E-state index contributed by atoms with van der Waals surface area (Å²) in [6, 6.07) is 9.96. The standard InChI is InChI=1S/C17H15F2N3O2/c18-11-5-7-12(8-6-11)22-10-9-15(16(22)23)21-17(24)20-14-4-2-1-3-13(14)19/h1-8,15H,9-10H2,(H2,20,21,24). The summed E-state index contributed by atoms with van der Waals surface area (Å²) in [5.74, 6) is -1.23. The predicted molar refractivity (Wildman–Crippen MR) is 85.7 cm³/mol. The lowest BCUT2D eigenvalue weighted by atomic mass is 10.2. The molecule has 1 atom stereocenters. The van der Waals surface area contributed by atoms with Gasteiger partial charge in [0.25, 0.3) is 0 Å². The monoisotopic (exact) mass is 331 g/mol. The SMILES string of the molecule is O=C(Nc1ccccc1F)NC1CCN(c2ccc(F)cc2)C1=O. The first-order valence-electron chi connectivity index (χ1n) is 7.43. The number of hydrogen-bond acceptors (Lipinski definition) is 2. The van der Waals surface area contributed by atoms with Crippen molar-refractivity contribution in [3.8, 4) is 0 Å². The van der Waals surface area contributed by atoms with Crippen LogP contribution in [-0.4, -0.2) is 24.5 Å². The third-order valence-electron chi connectivity index (χ3n) is 3.77. The topological polar surface area (TPSA) is 61.4 Å². The smallest absolute Gasteiger partial charge is 0.319 e. The number of halogens is 2.